The lowest BCUT2D eigenvalue weighted by Gasteiger charge is -2.02. The molecule has 0 radical (unpaired) electrons. The van der Waals surface area contributed by atoms with Crippen LogP contribution in [0.3, 0.4) is 0 Å². The van der Waals surface area contributed by atoms with Crippen molar-refractivity contribution < 1.29 is 14.3 Å². The molecule has 14 heavy (non-hydrogen) atoms. The van der Waals surface area contributed by atoms with Crippen LogP contribution in [0, 0.1) is 12.7 Å². The van der Waals surface area contributed by atoms with Gasteiger partial charge in [-0.1, -0.05) is 6.07 Å². The molecular weight excluding hydrogens is 185 g/mol. The maximum Gasteiger partial charge on any atom is 0.329 e. The highest BCUT2D eigenvalue weighted by atomic mass is 19.1. The molecule has 74 valence electrons. The van der Waals surface area contributed by atoms with Gasteiger partial charge in [0.1, 0.15) is 5.82 Å². The number of aliphatic carboxylic acids is 1. The third kappa shape index (κ3) is 2.90. The Kier molecular flexibility index (Phi) is 3.23. The van der Waals surface area contributed by atoms with Gasteiger partial charge in [0.2, 0.25) is 0 Å². The monoisotopic (exact) mass is 195 g/mol. The Hall–Kier alpha value is -1.84. The number of nitrogens with one attached hydrogen (secondary N) is 1. The lowest BCUT2D eigenvalue weighted by Crippen LogP contribution is -1.94. The molecule has 1 aromatic rings. The lowest BCUT2D eigenvalue weighted by molar-refractivity contribution is -0.131. The van der Waals surface area contributed by atoms with Crippen LogP contribution in [0.4, 0.5) is 10.1 Å². The molecule has 0 aliphatic carbocycles. The van der Waals surface area contributed by atoms with Crippen molar-refractivity contribution in [3.63, 3.8) is 0 Å². The van der Waals surface area contributed by atoms with Crippen LogP contribution in [0.25, 0.3) is 0 Å². The fourth-order valence-electron chi connectivity index (χ4n) is 0.940. The van der Waals surface area contributed by atoms with Crippen LogP contribution in [0.5, 0.6) is 0 Å². The molecule has 0 bridgehead atoms. The SMILES string of the molecule is Cc1ccc(N/C=C/C(=O)O)c(F)c1. The van der Waals surface area contributed by atoms with Crippen LogP contribution in [-0.2, 0) is 4.79 Å². The summed E-state index contributed by atoms with van der Waals surface area (Å²) >= 11 is 0. The Bertz CT molecular complexity index is 374. The number of anilines is 1. The smallest absolute Gasteiger partial charge is 0.329 e. The minimum absolute atomic E-state index is 0.258. The molecule has 0 amide bonds. The van der Waals surface area contributed by atoms with Crippen LogP contribution >= 0.6 is 0 Å². The van der Waals surface area contributed by atoms with Crippen LogP contribution in [0.15, 0.2) is 30.5 Å². The molecule has 0 aliphatic heterocycles. The average molecular weight is 195 g/mol. The second-order valence-corrected chi connectivity index (χ2v) is 2.80. The fraction of sp³-hybridized carbons (Fsp3) is 0.100. The lowest BCUT2D eigenvalue weighted by atomic mass is 10.2. The minimum Gasteiger partial charge on any atom is -0.478 e. The van der Waals surface area contributed by atoms with E-state index in [1.54, 1.807) is 19.1 Å². The third-order valence-corrected chi connectivity index (χ3v) is 1.59. The molecule has 4 heteroatoms. The maximum absolute atomic E-state index is 13.1. The van der Waals surface area contributed by atoms with Gasteiger partial charge in [-0.15, -0.1) is 0 Å². The van der Waals surface area contributed by atoms with Crippen LogP contribution in [0.2, 0.25) is 0 Å². The fourth-order valence-corrected chi connectivity index (χ4v) is 0.940. The van der Waals surface area contributed by atoms with E-state index in [0.717, 1.165) is 11.6 Å². The molecule has 0 saturated carbocycles. The Labute approximate surface area is 80.9 Å². The molecule has 1 aromatic carbocycles. The molecule has 0 unspecified atom stereocenters. The van der Waals surface area contributed by atoms with Crippen molar-refractivity contribution in [2.45, 2.75) is 6.92 Å². The van der Waals surface area contributed by atoms with Gasteiger partial charge >= 0.3 is 5.97 Å². The van der Waals surface area contributed by atoms with Gasteiger partial charge in [0.05, 0.1) is 5.69 Å². The molecule has 0 aromatic heterocycles. The summed E-state index contributed by atoms with van der Waals surface area (Å²) in [5.74, 6) is -1.48. The van der Waals surface area contributed by atoms with E-state index in [1.807, 2.05) is 0 Å². The molecule has 0 heterocycles. The van der Waals surface area contributed by atoms with Crippen molar-refractivity contribution in [2.75, 3.05) is 5.32 Å². The van der Waals surface area contributed by atoms with Gasteiger partial charge in [-0.3, -0.25) is 0 Å². The number of carboxylic acid groups (broad SMARTS) is 1. The second kappa shape index (κ2) is 4.41. The van der Waals surface area contributed by atoms with Gasteiger partial charge in [-0.25, -0.2) is 9.18 Å². The molecule has 0 spiro atoms. The van der Waals surface area contributed by atoms with E-state index in [9.17, 15) is 9.18 Å². The molecule has 0 aliphatic rings. The van der Waals surface area contributed by atoms with E-state index >= 15 is 0 Å². The molecule has 0 saturated heterocycles. The average Bonchev–Trinajstić information content (AvgIpc) is 2.08. The van der Waals surface area contributed by atoms with Gasteiger partial charge in [0.15, 0.2) is 0 Å². The van der Waals surface area contributed by atoms with Gasteiger partial charge in [-0.05, 0) is 24.6 Å². The van der Waals surface area contributed by atoms with Crippen LogP contribution in [0.1, 0.15) is 5.56 Å². The van der Waals surface area contributed by atoms with Crippen molar-refractivity contribution >= 4 is 11.7 Å². The van der Waals surface area contributed by atoms with Crippen molar-refractivity contribution in [2.24, 2.45) is 0 Å². The van der Waals surface area contributed by atoms with E-state index in [-0.39, 0.29) is 5.69 Å². The van der Waals surface area contributed by atoms with Gasteiger partial charge < -0.3 is 10.4 Å². The summed E-state index contributed by atoms with van der Waals surface area (Å²) in [5.41, 5.74) is 1.07. The van der Waals surface area contributed by atoms with Crippen molar-refractivity contribution in [3.8, 4) is 0 Å². The Morgan fingerprint density at radius 3 is 2.86 bits per heavy atom. The summed E-state index contributed by atoms with van der Waals surface area (Å²) < 4.78 is 13.1. The van der Waals surface area contributed by atoms with E-state index < -0.39 is 11.8 Å². The standard InChI is InChI=1S/C10H10FNO2/c1-7-2-3-9(8(11)6-7)12-5-4-10(13)14/h2-6,12H,1H3,(H,13,14)/b5-4+. The van der Waals surface area contributed by atoms with Gasteiger partial charge in [0.25, 0.3) is 0 Å². The molecule has 2 N–H and O–H groups in total. The number of rotatable bonds is 3. The maximum atomic E-state index is 13.1. The predicted molar refractivity (Wildman–Crippen MR) is 51.5 cm³/mol. The largest absolute Gasteiger partial charge is 0.478 e. The summed E-state index contributed by atoms with van der Waals surface area (Å²) in [6.07, 6.45) is 2.08. The second-order valence-electron chi connectivity index (χ2n) is 2.80. The van der Waals surface area contributed by atoms with Crippen LogP contribution < -0.4 is 5.32 Å². The summed E-state index contributed by atoms with van der Waals surface area (Å²) in [5, 5.41) is 10.8. The first-order chi connectivity index (χ1) is 6.59. The van der Waals surface area contributed by atoms with E-state index in [2.05, 4.69) is 5.32 Å². The van der Waals surface area contributed by atoms with Crippen LogP contribution in [-0.4, -0.2) is 11.1 Å². The van der Waals surface area contributed by atoms with E-state index in [1.165, 1.54) is 12.3 Å². The molecule has 0 atom stereocenters. The number of aryl methyl sites for hydroxylation is 1. The zero-order chi connectivity index (χ0) is 10.6. The third-order valence-electron chi connectivity index (χ3n) is 1.59. The Morgan fingerprint density at radius 1 is 1.57 bits per heavy atom. The predicted octanol–water partition coefficient (Wildman–Crippen LogP) is 2.14. The quantitative estimate of drug-likeness (QED) is 0.726. The van der Waals surface area contributed by atoms with E-state index in [0.29, 0.717) is 0 Å². The highest BCUT2D eigenvalue weighted by Crippen LogP contribution is 2.14. The van der Waals surface area contributed by atoms with Crippen molar-refractivity contribution in [3.05, 3.63) is 41.9 Å². The minimum atomic E-state index is -1.08. The Morgan fingerprint density at radius 2 is 2.29 bits per heavy atom. The zero-order valence-corrected chi connectivity index (χ0v) is 7.62. The number of carboxylic acids is 1. The van der Waals surface area contributed by atoms with Crippen molar-refractivity contribution in [1.29, 1.82) is 0 Å². The molecule has 3 nitrogen and oxygen atoms in total. The summed E-state index contributed by atoms with van der Waals surface area (Å²) in [4.78, 5) is 10.1. The highest BCUT2D eigenvalue weighted by Gasteiger charge is 1.98. The zero-order valence-electron chi connectivity index (χ0n) is 7.62. The Balaban J connectivity index is 2.73. The summed E-state index contributed by atoms with van der Waals surface area (Å²) in [6, 6.07) is 4.66. The first kappa shape index (κ1) is 10.2. The molecule has 0 fully saturated rings. The van der Waals surface area contributed by atoms with Gasteiger partial charge in [-0.2, -0.15) is 0 Å². The number of halogens is 1. The van der Waals surface area contributed by atoms with E-state index in [4.69, 9.17) is 5.11 Å². The van der Waals surface area contributed by atoms with Gasteiger partial charge in [0, 0.05) is 12.3 Å². The topological polar surface area (TPSA) is 49.3 Å². The normalized spacial score (nSPS) is 10.4. The molecule has 1 rings (SSSR count). The first-order valence-electron chi connectivity index (χ1n) is 4.02. The summed E-state index contributed by atoms with van der Waals surface area (Å²) in [7, 11) is 0. The van der Waals surface area contributed by atoms with Crippen molar-refractivity contribution in [1.82, 2.24) is 0 Å². The number of benzene rings is 1. The number of hydrogen-bond donors (Lipinski definition) is 2. The summed E-state index contributed by atoms with van der Waals surface area (Å²) in [6.45, 7) is 1.78. The number of hydrogen-bond acceptors (Lipinski definition) is 2. The number of carbonyl (C=O) groups is 1. The molecular formula is C10H10FNO2. The first-order valence-corrected chi connectivity index (χ1v) is 4.02. The highest BCUT2D eigenvalue weighted by molar-refractivity contribution is 5.80.